The fourth-order valence-electron chi connectivity index (χ4n) is 1.90. The van der Waals surface area contributed by atoms with Gasteiger partial charge in [-0.05, 0) is 30.5 Å². The van der Waals surface area contributed by atoms with E-state index in [1.807, 2.05) is 25.1 Å². The molecule has 14 heavy (non-hydrogen) atoms. The van der Waals surface area contributed by atoms with Crippen LogP contribution in [0.15, 0.2) is 18.2 Å². The Kier molecular flexibility index (Phi) is 2.28. The average Bonchev–Trinajstić information content (AvgIpc) is 2.23. The molecule has 0 heterocycles. The molecule has 0 fully saturated rings. The molecule has 1 aromatic rings. The van der Waals surface area contributed by atoms with Gasteiger partial charge in [-0.3, -0.25) is 4.79 Å². The van der Waals surface area contributed by atoms with Crippen LogP contribution in [-0.4, -0.2) is 12.9 Å². The Morgan fingerprint density at radius 1 is 1.43 bits per heavy atom. The molecule has 0 N–H and O–H groups in total. The summed E-state index contributed by atoms with van der Waals surface area (Å²) >= 11 is 0. The van der Waals surface area contributed by atoms with Crippen LogP contribution in [-0.2, 0) is 6.42 Å². The number of ether oxygens (including phenoxy) is 1. The minimum absolute atomic E-state index is 0.162. The van der Waals surface area contributed by atoms with Gasteiger partial charge in [0, 0.05) is 11.5 Å². The van der Waals surface area contributed by atoms with Crippen LogP contribution in [0.4, 0.5) is 0 Å². The summed E-state index contributed by atoms with van der Waals surface area (Å²) in [6, 6.07) is 5.77. The van der Waals surface area contributed by atoms with Crippen LogP contribution in [0.5, 0.6) is 5.75 Å². The molecule has 0 aromatic heterocycles. The van der Waals surface area contributed by atoms with Gasteiger partial charge in [-0.1, -0.05) is 13.0 Å². The lowest BCUT2D eigenvalue weighted by Gasteiger charge is -2.20. The van der Waals surface area contributed by atoms with Crippen molar-refractivity contribution in [2.24, 2.45) is 5.92 Å². The Labute approximate surface area is 83.9 Å². The van der Waals surface area contributed by atoms with Gasteiger partial charge in [0.05, 0.1) is 7.11 Å². The highest BCUT2D eigenvalue weighted by Crippen LogP contribution is 2.28. The van der Waals surface area contributed by atoms with Crippen molar-refractivity contribution < 1.29 is 9.53 Å². The summed E-state index contributed by atoms with van der Waals surface area (Å²) in [4.78, 5) is 11.8. The van der Waals surface area contributed by atoms with E-state index in [0.717, 1.165) is 29.7 Å². The Morgan fingerprint density at radius 3 is 2.93 bits per heavy atom. The molecule has 0 unspecified atom stereocenters. The van der Waals surface area contributed by atoms with Gasteiger partial charge in [0.25, 0.3) is 0 Å². The molecule has 0 bridgehead atoms. The fraction of sp³-hybridized carbons (Fsp3) is 0.417. The van der Waals surface area contributed by atoms with Crippen molar-refractivity contribution >= 4 is 5.78 Å². The second-order valence-electron chi connectivity index (χ2n) is 3.83. The second kappa shape index (κ2) is 3.45. The lowest BCUT2D eigenvalue weighted by molar-refractivity contribution is 0.0913. The van der Waals surface area contributed by atoms with E-state index in [-0.39, 0.29) is 11.7 Å². The van der Waals surface area contributed by atoms with Crippen molar-refractivity contribution in [3.63, 3.8) is 0 Å². The minimum atomic E-state index is 0.162. The number of hydrogen-bond donors (Lipinski definition) is 0. The van der Waals surface area contributed by atoms with E-state index in [1.165, 1.54) is 0 Å². The first-order valence-corrected chi connectivity index (χ1v) is 4.93. The zero-order chi connectivity index (χ0) is 10.1. The molecule has 1 aliphatic carbocycles. The van der Waals surface area contributed by atoms with Gasteiger partial charge in [-0.25, -0.2) is 0 Å². The first-order chi connectivity index (χ1) is 6.72. The zero-order valence-electron chi connectivity index (χ0n) is 8.54. The number of methoxy groups -OCH3 is 1. The third-order valence-electron chi connectivity index (χ3n) is 2.88. The number of hydrogen-bond acceptors (Lipinski definition) is 2. The van der Waals surface area contributed by atoms with Gasteiger partial charge in [0.1, 0.15) is 5.75 Å². The predicted octanol–water partition coefficient (Wildman–Crippen LogP) is 2.46. The standard InChI is InChI=1S/C12H14O2/c1-8-3-4-9-5-6-10(14-2)7-11(9)12(8)13/h5-8H,3-4H2,1-2H3/t8-/m0/s1. The van der Waals surface area contributed by atoms with Crippen LogP contribution in [0.1, 0.15) is 29.3 Å². The van der Waals surface area contributed by atoms with E-state index in [1.54, 1.807) is 7.11 Å². The van der Waals surface area contributed by atoms with Gasteiger partial charge in [-0.2, -0.15) is 0 Å². The summed E-state index contributed by atoms with van der Waals surface area (Å²) in [5.41, 5.74) is 2.01. The van der Waals surface area contributed by atoms with Crippen molar-refractivity contribution in [3.8, 4) is 5.75 Å². The van der Waals surface area contributed by atoms with Crippen LogP contribution in [0.25, 0.3) is 0 Å². The largest absolute Gasteiger partial charge is 0.497 e. The molecule has 1 aromatic carbocycles. The van der Waals surface area contributed by atoms with Gasteiger partial charge < -0.3 is 4.74 Å². The second-order valence-corrected chi connectivity index (χ2v) is 3.83. The molecular formula is C12H14O2. The van der Waals surface area contributed by atoms with Crippen molar-refractivity contribution in [2.75, 3.05) is 7.11 Å². The summed E-state index contributed by atoms with van der Waals surface area (Å²) in [5.74, 6) is 1.19. The molecule has 0 amide bonds. The molecule has 74 valence electrons. The maximum Gasteiger partial charge on any atom is 0.166 e. The van der Waals surface area contributed by atoms with Crippen LogP contribution in [0.3, 0.4) is 0 Å². The molecule has 0 spiro atoms. The van der Waals surface area contributed by atoms with Crippen LogP contribution < -0.4 is 4.74 Å². The van der Waals surface area contributed by atoms with Crippen molar-refractivity contribution in [3.05, 3.63) is 29.3 Å². The van der Waals surface area contributed by atoms with Crippen molar-refractivity contribution in [2.45, 2.75) is 19.8 Å². The number of Topliss-reactive ketones (excluding diaryl/α,β-unsaturated/α-hetero) is 1. The number of carbonyl (C=O) groups is 1. The number of fused-ring (bicyclic) bond motifs is 1. The lowest BCUT2D eigenvalue weighted by atomic mass is 9.84. The number of carbonyl (C=O) groups excluding carboxylic acids is 1. The summed E-state index contributed by atoms with van der Waals surface area (Å²) in [6.45, 7) is 1.99. The number of aryl methyl sites for hydroxylation is 1. The maximum atomic E-state index is 11.8. The molecule has 0 saturated heterocycles. The first-order valence-electron chi connectivity index (χ1n) is 4.93. The topological polar surface area (TPSA) is 26.3 Å². The quantitative estimate of drug-likeness (QED) is 0.680. The molecular weight excluding hydrogens is 176 g/mol. The Bertz CT molecular complexity index is 369. The van der Waals surface area contributed by atoms with Crippen LogP contribution in [0.2, 0.25) is 0 Å². The van der Waals surface area contributed by atoms with E-state index in [4.69, 9.17) is 4.74 Å². The minimum Gasteiger partial charge on any atom is -0.497 e. The maximum absolute atomic E-state index is 11.8. The summed E-state index contributed by atoms with van der Waals surface area (Å²) < 4.78 is 5.11. The lowest BCUT2D eigenvalue weighted by Crippen LogP contribution is -2.19. The number of ketones is 1. The first kappa shape index (κ1) is 9.25. The molecule has 0 saturated carbocycles. The predicted molar refractivity (Wildman–Crippen MR) is 54.8 cm³/mol. The summed E-state index contributed by atoms with van der Waals surface area (Å²) in [6.07, 6.45) is 1.98. The normalized spacial score (nSPS) is 20.4. The van der Waals surface area contributed by atoms with E-state index in [2.05, 4.69) is 0 Å². The summed E-state index contributed by atoms with van der Waals surface area (Å²) in [5, 5.41) is 0. The summed E-state index contributed by atoms with van der Waals surface area (Å²) in [7, 11) is 1.62. The number of benzene rings is 1. The average molecular weight is 190 g/mol. The van der Waals surface area contributed by atoms with Crippen molar-refractivity contribution in [1.82, 2.24) is 0 Å². The third kappa shape index (κ3) is 1.41. The Hall–Kier alpha value is -1.31. The van der Waals surface area contributed by atoms with E-state index >= 15 is 0 Å². The molecule has 2 rings (SSSR count). The molecule has 1 atom stereocenters. The van der Waals surface area contributed by atoms with Crippen LogP contribution >= 0.6 is 0 Å². The molecule has 2 nitrogen and oxygen atoms in total. The molecule has 1 aliphatic rings. The van der Waals surface area contributed by atoms with Gasteiger partial charge in [-0.15, -0.1) is 0 Å². The molecule has 0 aliphatic heterocycles. The monoisotopic (exact) mass is 190 g/mol. The highest BCUT2D eigenvalue weighted by Gasteiger charge is 2.23. The van der Waals surface area contributed by atoms with Gasteiger partial charge >= 0.3 is 0 Å². The van der Waals surface area contributed by atoms with Gasteiger partial charge in [0.2, 0.25) is 0 Å². The Balaban J connectivity index is 2.46. The molecule has 0 radical (unpaired) electrons. The van der Waals surface area contributed by atoms with Gasteiger partial charge in [0.15, 0.2) is 5.78 Å². The van der Waals surface area contributed by atoms with E-state index in [0.29, 0.717) is 0 Å². The van der Waals surface area contributed by atoms with Crippen LogP contribution in [0, 0.1) is 5.92 Å². The Morgan fingerprint density at radius 2 is 2.21 bits per heavy atom. The zero-order valence-corrected chi connectivity index (χ0v) is 8.54. The highest BCUT2D eigenvalue weighted by molar-refractivity contribution is 6.00. The van der Waals surface area contributed by atoms with E-state index < -0.39 is 0 Å². The fourth-order valence-corrected chi connectivity index (χ4v) is 1.90. The smallest absolute Gasteiger partial charge is 0.166 e. The third-order valence-corrected chi connectivity index (χ3v) is 2.88. The SMILES string of the molecule is COc1ccc2c(c1)C(=O)[C@@H](C)CC2. The van der Waals surface area contributed by atoms with E-state index in [9.17, 15) is 4.79 Å². The molecule has 2 heteroatoms. The van der Waals surface area contributed by atoms with Crippen molar-refractivity contribution in [1.29, 1.82) is 0 Å². The number of rotatable bonds is 1. The highest BCUT2D eigenvalue weighted by atomic mass is 16.5.